The first-order valence-corrected chi connectivity index (χ1v) is 7.94. The van der Waals surface area contributed by atoms with E-state index in [9.17, 15) is 14.4 Å². The lowest BCUT2D eigenvalue weighted by Crippen LogP contribution is -2.16. The minimum Gasteiger partial charge on any atom is -0.465 e. The number of aromatic nitrogens is 1. The third kappa shape index (κ3) is 2.57. The maximum atomic E-state index is 12.6. The van der Waals surface area contributed by atoms with Gasteiger partial charge in [0.05, 0.1) is 26.3 Å². The molecule has 0 unspecified atom stereocenters. The van der Waals surface area contributed by atoms with Crippen LogP contribution >= 0.6 is 0 Å². The number of carbonyl (C=O) groups excluding carboxylic acids is 3. The predicted molar refractivity (Wildman–Crippen MR) is 93.5 cm³/mol. The molecule has 3 rings (SSSR count). The van der Waals surface area contributed by atoms with Crippen LogP contribution < -0.4 is 0 Å². The molecule has 3 aromatic rings. The number of esters is 3. The van der Waals surface area contributed by atoms with Crippen LogP contribution in [0, 0.1) is 0 Å². The van der Waals surface area contributed by atoms with Crippen molar-refractivity contribution in [1.82, 2.24) is 4.40 Å². The van der Waals surface area contributed by atoms with Gasteiger partial charge in [0, 0.05) is 11.6 Å². The SMILES string of the molecule is CCOC(=O)c1c(C(=O)OC)c(C(=O)OC)c2c3ccccc3ccn12. The molecule has 134 valence electrons. The summed E-state index contributed by atoms with van der Waals surface area (Å²) in [5.41, 5.74) is 0.117. The number of hydrogen-bond acceptors (Lipinski definition) is 6. The third-order valence-corrected chi connectivity index (χ3v) is 4.07. The molecule has 0 aliphatic carbocycles. The molecule has 0 fully saturated rings. The summed E-state index contributed by atoms with van der Waals surface area (Å²) in [6.07, 6.45) is 1.61. The van der Waals surface area contributed by atoms with Gasteiger partial charge in [-0.15, -0.1) is 0 Å². The predicted octanol–water partition coefficient (Wildman–Crippen LogP) is 2.84. The maximum Gasteiger partial charge on any atom is 0.356 e. The Morgan fingerprint density at radius 2 is 1.58 bits per heavy atom. The first-order valence-electron chi connectivity index (χ1n) is 7.94. The summed E-state index contributed by atoms with van der Waals surface area (Å²) >= 11 is 0. The lowest BCUT2D eigenvalue weighted by molar-refractivity contribution is 0.0494. The average molecular weight is 355 g/mol. The lowest BCUT2D eigenvalue weighted by Gasteiger charge is -2.06. The monoisotopic (exact) mass is 355 g/mol. The van der Waals surface area contributed by atoms with Crippen molar-refractivity contribution in [3.05, 3.63) is 53.3 Å². The fraction of sp³-hybridized carbons (Fsp3) is 0.211. The molecule has 0 atom stereocenters. The molecule has 0 bridgehead atoms. The molecule has 1 aromatic carbocycles. The number of ether oxygens (including phenoxy) is 3. The van der Waals surface area contributed by atoms with Crippen LogP contribution in [0.3, 0.4) is 0 Å². The van der Waals surface area contributed by atoms with E-state index in [1.54, 1.807) is 31.3 Å². The van der Waals surface area contributed by atoms with E-state index in [1.807, 2.05) is 12.1 Å². The van der Waals surface area contributed by atoms with E-state index in [0.29, 0.717) is 10.9 Å². The van der Waals surface area contributed by atoms with Crippen LogP contribution in [-0.4, -0.2) is 43.1 Å². The number of nitrogens with zero attached hydrogens (tertiary/aromatic N) is 1. The molecular weight excluding hydrogens is 338 g/mol. The average Bonchev–Trinajstić information content (AvgIpc) is 3.02. The minimum absolute atomic E-state index is 0.0285. The molecule has 2 aromatic heterocycles. The van der Waals surface area contributed by atoms with Gasteiger partial charge >= 0.3 is 17.9 Å². The number of hydrogen-bond donors (Lipinski definition) is 0. The van der Waals surface area contributed by atoms with Crippen LogP contribution in [0.25, 0.3) is 16.3 Å². The van der Waals surface area contributed by atoms with Gasteiger partial charge in [-0.2, -0.15) is 0 Å². The Labute approximate surface area is 149 Å². The summed E-state index contributed by atoms with van der Waals surface area (Å²) in [6.45, 7) is 1.77. The van der Waals surface area contributed by atoms with Crippen LogP contribution in [0.15, 0.2) is 36.5 Å². The van der Waals surface area contributed by atoms with Gasteiger partial charge in [0.1, 0.15) is 16.8 Å². The van der Waals surface area contributed by atoms with E-state index in [1.165, 1.54) is 18.6 Å². The Bertz CT molecular complexity index is 1030. The second kappa shape index (κ2) is 6.87. The topological polar surface area (TPSA) is 83.3 Å². The fourth-order valence-corrected chi connectivity index (χ4v) is 3.02. The van der Waals surface area contributed by atoms with Crippen molar-refractivity contribution in [2.24, 2.45) is 0 Å². The number of carbonyl (C=O) groups is 3. The second-order valence-electron chi connectivity index (χ2n) is 5.42. The van der Waals surface area contributed by atoms with Crippen molar-refractivity contribution in [1.29, 1.82) is 0 Å². The quantitative estimate of drug-likeness (QED) is 0.529. The number of pyridine rings is 1. The highest BCUT2D eigenvalue weighted by Crippen LogP contribution is 2.31. The largest absolute Gasteiger partial charge is 0.465 e. The summed E-state index contributed by atoms with van der Waals surface area (Å²) < 4.78 is 16.2. The van der Waals surface area contributed by atoms with Gasteiger partial charge in [0.15, 0.2) is 0 Å². The van der Waals surface area contributed by atoms with Gasteiger partial charge in [0.25, 0.3) is 0 Å². The Hall–Kier alpha value is -3.35. The molecule has 0 amide bonds. The van der Waals surface area contributed by atoms with Crippen molar-refractivity contribution in [2.45, 2.75) is 6.92 Å². The summed E-state index contributed by atoms with van der Waals surface area (Å²) in [7, 11) is 2.39. The second-order valence-corrected chi connectivity index (χ2v) is 5.42. The molecule has 0 radical (unpaired) electrons. The highest BCUT2D eigenvalue weighted by Gasteiger charge is 2.34. The van der Waals surface area contributed by atoms with Gasteiger partial charge in [-0.1, -0.05) is 24.3 Å². The van der Waals surface area contributed by atoms with Crippen LogP contribution in [0.5, 0.6) is 0 Å². The van der Waals surface area contributed by atoms with Gasteiger partial charge in [0.2, 0.25) is 0 Å². The standard InChI is InChI=1S/C19H17NO6/c1-4-26-19(23)16-14(18(22)25-3)13(17(21)24-2)15-12-8-6-5-7-11(12)9-10-20(15)16/h5-10H,4H2,1-3H3. The summed E-state index contributed by atoms with van der Waals surface area (Å²) in [5, 5.41) is 1.53. The first-order chi connectivity index (χ1) is 12.5. The van der Waals surface area contributed by atoms with Gasteiger partial charge < -0.3 is 18.6 Å². The normalized spacial score (nSPS) is 10.7. The van der Waals surface area contributed by atoms with Crippen molar-refractivity contribution < 1.29 is 28.6 Å². The molecule has 0 spiro atoms. The molecule has 0 N–H and O–H groups in total. The van der Waals surface area contributed by atoms with Crippen LogP contribution in [0.2, 0.25) is 0 Å². The fourth-order valence-electron chi connectivity index (χ4n) is 3.02. The highest BCUT2D eigenvalue weighted by atomic mass is 16.5. The number of methoxy groups -OCH3 is 2. The zero-order valence-electron chi connectivity index (χ0n) is 14.6. The lowest BCUT2D eigenvalue weighted by atomic mass is 10.1. The van der Waals surface area contributed by atoms with E-state index < -0.39 is 17.9 Å². The van der Waals surface area contributed by atoms with Crippen LogP contribution in [0.4, 0.5) is 0 Å². The molecule has 7 nitrogen and oxygen atoms in total. The van der Waals surface area contributed by atoms with Crippen molar-refractivity contribution >= 4 is 34.2 Å². The first kappa shape index (κ1) is 17.5. The zero-order chi connectivity index (χ0) is 18.8. The zero-order valence-corrected chi connectivity index (χ0v) is 14.6. The summed E-state index contributed by atoms with van der Waals surface area (Å²) in [4.78, 5) is 37.5. The number of rotatable bonds is 4. The molecule has 0 aliphatic rings. The number of fused-ring (bicyclic) bond motifs is 3. The van der Waals surface area contributed by atoms with Crippen molar-refractivity contribution in [3.8, 4) is 0 Å². The molecule has 2 heterocycles. The Balaban J connectivity index is 2.55. The van der Waals surface area contributed by atoms with Crippen LogP contribution in [0.1, 0.15) is 38.1 Å². The molecular formula is C19H17NO6. The highest BCUT2D eigenvalue weighted by molar-refractivity contribution is 6.18. The van der Waals surface area contributed by atoms with E-state index in [2.05, 4.69) is 0 Å². The molecule has 0 saturated heterocycles. The molecule has 7 heteroatoms. The van der Waals surface area contributed by atoms with Gasteiger partial charge in [-0.05, 0) is 18.4 Å². The Kier molecular flexibility index (Phi) is 4.62. The third-order valence-electron chi connectivity index (χ3n) is 4.07. The van der Waals surface area contributed by atoms with Gasteiger partial charge in [-0.3, -0.25) is 0 Å². The van der Waals surface area contributed by atoms with E-state index in [-0.39, 0.29) is 23.4 Å². The van der Waals surface area contributed by atoms with Crippen LogP contribution in [-0.2, 0) is 14.2 Å². The maximum absolute atomic E-state index is 12.6. The number of benzene rings is 1. The molecule has 0 saturated carbocycles. The smallest absolute Gasteiger partial charge is 0.356 e. The Morgan fingerprint density at radius 3 is 2.23 bits per heavy atom. The van der Waals surface area contributed by atoms with E-state index in [4.69, 9.17) is 14.2 Å². The van der Waals surface area contributed by atoms with E-state index >= 15 is 0 Å². The Morgan fingerprint density at radius 1 is 0.923 bits per heavy atom. The van der Waals surface area contributed by atoms with Crippen molar-refractivity contribution in [3.63, 3.8) is 0 Å². The van der Waals surface area contributed by atoms with Gasteiger partial charge in [-0.25, -0.2) is 14.4 Å². The van der Waals surface area contributed by atoms with Crippen molar-refractivity contribution in [2.75, 3.05) is 20.8 Å². The minimum atomic E-state index is -0.818. The summed E-state index contributed by atoms with van der Waals surface area (Å²) in [5.74, 6) is -2.29. The molecule has 0 aliphatic heterocycles. The van der Waals surface area contributed by atoms with E-state index in [0.717, 1.165) is 5.39 Å². The summed E-state index contributed by atoms with van der Waals surface area (Å²) in [6, 6.07) is 9.11. The molecule has 26 heavy (non-hydrogen) atoms.